The molecule has 0 amide bonds. The minimum Gasteiger partial charge on any atom is -0.377 e. The fraction of sp³-hybridized carbons (Fsp3) is 0.625. The second kappa shape index (κ2) is 5.41. The van der Waals surface area contributed by atoms with Crippen LogP contribution in [0.2, 0.25) is 0 Å². The fourth-order valence-electron chi connectivity index (χ4n) is 2.89. The summed E-state index contributed by atoms with van der Waals surface area (Å²) in [4.78, 5) is 0. The molecule has 1 heterocycles. The normalized spacial score (nSPS) is 25.3. The second-order valence-electron chi connectivity index (χ2n) is 5.69. The van der Waals surface area contributed by atoms with Crippen LogP contribution in [0.1, 0.15) is 49.7 Å². The van der Waals surface area contributed by atoms with Gasteiger partial charge in [0.05, 0.1) is 6.10 Å². The van der Waals surface area contributed by atoms with Crippen molar-refractivity contribution in [2.24, 2.45) is 0 Å². The first-order chi connectivity index (χ1) is 8.84. The summed E-state index contributed by atoms with van der Waals surface area (Å²) in [6, 6.07) is 9.34. The first-order valence-corrected chi connectivity index (χ1v) is 7.27. The second-order valence-corrected chi connectivity index (χ2v) is 5.69. The molecule has 0 spiro atoms. The summed E-state index contributed by atoms with van der Waals surface area (Å²) in [5.74, 6) is 0.834. The monoisotopic (exact) mass is 245 g/mol. The van der Waals surface area contributed by atoms with Crippen molar-refractivity contribution in [3.8, 4) is 0 Å². The molecule has 2 heteroatoms. The predicted octanol–water partition coefficient (Wildman–Crippen LogP) is 3.22. The van der Waals surface area contributed by atoms with Crippen molar-refractivity contribution in [2.45, 2.75) is 57.2 Å². The number of benzene rings is 1. The van der Waals surface area contributed by atoms with Gasteiger partial charge in [-0.3, -0.25) is 0 Å². The van der Waals surface area contributed by atoms with Crippen molar-refractivity contribution < 1.29 is 4.74 Å². The highest BCUT2D eigenvalue weighted by Gasteiger charge is 2.26. The highest BCUT2D eigenvalue weighted by molar-refractivity contribution is 5.33. The lowest BCUT2D eigenvalue weighted by Gasteiger charge is -2.21. The van der Waals surface area contributed by atoms with E-state index in [-0.39, 0.29) is 0 Å². The van der Waals surface area contributed by atoms with Crippen LogP contribution < -0.4 is 5.32 Å². The van der Waals surface area contributed by atoms with Crippen LogP contribution in [0.4, 0.5) is 0 Å². The Morgan fingerprint density at radius 2 is 2.11 bits per heavy atom. The van der Waals surface area contributed by atoms with Gasteiger partial charge in [-0.25, -0.2) is 0 Å². The Balaban J connectivity index is 1.58. The molecule has 1 saturated heterocycles. The molecule has 1 aromatic carbocycles. The Hall–Kier alpha value is -0.860. The molecule has 2 aliphatic rings. The Morgan fingerprint density at radius 3 is 2.83 bits per heavy atom. The van der Waals surface area contributed by atoms with Gasteiger partial charge >= 0.3 is 0 Å². The van der Waals surface area contributed by atoms with Gasteiger partial charge in [0.1, 0.15) is 0 Å². The van der Waals surface area contributed by atoms with E-state index in [1.165, 1.54) is 31.2 Å². The molecule has 18 heavy (non-hydrogen) atoms. The molecule has 98 valence electrons. The first-order valence-electron chi connectivity index (χ1n) is 7.27. The van der Waals surface area contributed by atoms with Crippen LogP contribution in [0.15, 0.2) is 24.3 Å². The average Bonchev–Trinajstić information content (AvgIpc) is 3.10. The molecule has 0 radical (unpaired) electrons. The smallest absolute Gasteiger partial charge is 0.0726 e. The maximum Gasteiger partial charge on any atom is 0.0726 e. The third-order valence-electron chi connectivity index (χ3n) is 4.21. The topological polar surface area (TPSA) is 21.3 Å². The standard InChI is InChI=1S/C16H23NO/c1-12(16-7-4-10-18-16)17-11-14-5-2-3-6-15(14)13-8-9-13/h2-3,5-6,12-13,16-17H,4,7-11H2,1H3. The summed E-state index contributed by atoms with van der Waals surface area (Å²) in [7, 11) is 0. The first kappa shape index (κ1) is 12.2. The molecule has 3 rings (SSSR count). The molecule has 1 N–H and O–H groups in total. The maximum atomic E-state index is 5.73. The predicted molar refractivity (Wildman–Crippen MR) is 73.7 cm³/mol. The molecule has 2 unspecified atom stereocenters. The number of hydrogen-bond acceptors (Lipinski definition) is 2. The summed E-state index contributed by atoms with van der Waals surface area (Å²) in [6.07, 6.45) is 5.59. The van der Waals surface area contributed by atoms with Crippen LogP contribution in [0.25, 0.3) is 0 Å². The zero-order valence-electron chi connectivity index (χ0n) is 11.2. The highest BCUT2D eigenvalue weighted by Crippen LogP contribution is 2.41. The third-order valence-corrected chi connectivity index (χ3v) is 4.21. The molecule has 1 saturated carbocycles. The lowest BCUT2D eigenvalue weighted by Crippen LogP contribution is -2.36. The van der Waals surface area contributed by atoms with Crippen LogP contribution in [-0.4, -0.2) is 18.8 Å². The van der Waals surface area contributed by atoms with E-state index in [9.17, 15) is 0 Å². The molecule has 0 bridgehead atoms. The summed E-state index contributed by atoms with van der Waals surface area (Å²) < 4.78 is 5.73. The lowest BCUT2D eigenvalue weighted by molar-refractivity contribution is 0.0832. The summed E-state index contributed by atoms with van der Waals surface area (Å²) in [5, 5.41) is 3.64. The number of rotatable bonds is 5. The van der Waals surface area contributed by atoms with E-state index in [2.05, 4.69) is 36.5 Å². The van der Waals surface area contributed by atoms with Gasteiger partial charge in [0.25, 0.3) is 0 Å². The average molecular weight is 245 g/mol. The van der Waals surface area contributed by atoms with Crippen molar-refractivity contribution in [1.29, 1.82) is 0 Å². The number of nitrogens with one attached hydrogen (secondary N) is 1. The van der Waals surface area contributed by atoms with E-state index in [1.54, 1.807) is 5.56 Å². The lowest BCUT2D eigenvalue weighted by atomic mass is 10.0. The Labute approximate surface area is 110 Å². The van der Waals surface area contributed by atoms with Gasteiger partial charge in [0.2, 0.25) is 0 Å². The number of ether oxygens (including phenoxy) is 1. The molecule has 1 aromatic rings. The van der Waals surface area contributed by atoms with Gasteiger partial charge in [-0.15, -0.1) is 0 Å². The zero-order chi connectivity index (χ0) is 12.4. The minimum atomic E-state index is 0.415. The van der Waals surface area contributed by atoms with E-state index in [0.717, 1.165) is 19.1 Å². The minimum absolute atomic E-state index is 0.415. The van der Waals surface area contributed by atoms with Crippen molar-refractivity contribution in [3.05, 3.63) is 35.4 Å². The molecule has 2 fully saturated rings. The fourth-order valence-corrected chi connectivity index (χ4v) is 2.89. The van der Waals surface area contributed by atoms with Crippen LogP contribution in [0.5, 0.6) is 0 Å². The maximum absolute atomic E-state index is 5.73. The van der Waals surface area contributed by atoms with Crippen LogP contribution >= 0.6 is 0 Å². The van der Waals surface area contributed by atoms with E-state index >= 15 is 0 Å². The van der Waals surface area contributed by atoms with E-state index in [0.29, 0.717) is 12.1 Å². The van der Waals surface area contributed by atoms with Gasteiger partial charge in [0, 0.05) is 19.2 Å². The molecule has 1 aliphatic carbocycles. The van der Waals surface area contributed by atoms with E-state index in [4.69, 9.17) is 4.74 Å². The van der Waals surface area contributed by atoms with E-state index in [1.807, 2.05) is 0 Å². The Morgan fingerprint density at radius 1 is 1.28 bits per heavy atom. The third kappa shape index (κ3) is 2.76. The van der Waals surface area contributed by atoms with Gasteiger partial charge in [0.15, 0.2) is 0 Å². The summed E-state index contributed by atoms with van der Waals surface area (Å²) in [6.45, 7) is 4.17. The summed E-state index contributed by atoms with van der Waals surface area (Å²) in [5.41, 5.74) is 3.04. The molecule has 1 aliphatic heterocycles. The van der Waals surface area contributed by atoms with Crippen molar-refractivity contribution in [1.82, 2.24) is 5.32 Å². The van der Waals surface area contributed by atoms with Crippen LogP contribution in [-0.2, 0) is 11.3 Å². The van der Waals surface area contributed by atoms with Gasteiger partial charge in [-0.05, 0) is 49.7 Å². The SMILES string of the molecule is CC(NCc1ccccc1C1CC1)C1CCCO1. The summed E-state index contributed by atoms with van der Waals surface area (Å²) >= 11 is 0. The van der Waals surface area contributed by atoms with Gasteiger partial charge < -0.3 is 10.1 Å². The van der Waals surface area contributed by atoms with Gasteiger partial charge in [-0.2, -0.15) is 0 Å². The molecule has 0 aromatic heterocycles. The highest BCUT2D eigenvalue weighted by atomic mass is 16.5. The largest absolute Gasteiger partial charge is 0.377 e. The van der Waals surface area contributed by atoms with Crippen molar-refractivity contribution >= 4 is 0 Å². The Bertz CT molecular complexity index is 394. The van der Waals surface area contributed by atoms with E-state index < -0.39 is 0 Å². The molecule has 2 atom stereocenters. The molecular formula is C16H23NO. The van der Waals surface area contributed by atoms with Crippen LogP contribution in [0.3, 0.4) is 0 Å². The van der Waals surface area contributed by atoms with Crippen molar-refractivity contribution in [2.75, 3.05) is 6.61 Å². The molecule has 2 nitrogen and oxygen atoms in total. The van der Waals surface area contributed by atoms with Crippen LogP contribution in [0, 0.1) is 0 Å². The quantitative estimate of drug-likeness (QED) is 0.860. The van der Waals surface area contributed by atoms with Gasteiger partial charge in [-0.1, -0.05) is 24.3 Å². The molecular weight excluding hydrogens is 222 g/mol. The zero-order valence-corrected chi connectivity index (χ0v) is 11.2. The number of hydrogen-bond donors (Lipinski definition) is 1. The Kier molecular flexibility index (Phi) is 3.67. The van der Waals surface area contributed by atoms with Crippen molar-refractivity contribution in [3.63, 3.8) is 0 Å².